The summed E-state index contributed by atoms with van der Waals surface area (Å²) in [6.45, 7) is 1.65. The van der Waals surface area contributed by atoms with E-state index in [-0.39, 0.29) is 13.0 Å². The zero-order valence-electron chi connectivity index (χ0n) is 12.1. The molecule has 0 fully saturated rings. The summed E-state index contributed by atoms with van der Waals surface area (Å²) in [6.07, 6.45) is 0.144. The molecular formula is C17H16ClNO3. The highest BCUT2D eigenvalue weighted by Crippen LogP contribution is 2.14. The Morgan fingerprint density at radius 3 is 2.55 bits per heavy atom. The van der Waals surface area contributed by atoms with Crippen molar-refractivity contribution in [2.45, 2.75) is 13.3 Å². The van der Waals surface area contributed by atoms with Crippen molar-refractivity contribution in [2.24, 2.45) is 0 Å². The van der Waals surface area contributed by atoms with Crippen LogP contribution in [0.1, 0.15) is 11.1 Å². The average molecular weight is 318 g/mol. The van der Waals surface area contributed by atoms with Gasteiger partial charge in [0.05, 0.1) is 6.42 Å². The lowest BCUT2D eigenvalue weighted by Crippen LogP contribution is -2.21. The van der Waals surface area contributed by atoms with Crippen molar-refractivity contribution in [1.29, 1.82) is 0 Å². The van der Waals surface area contributed by atoms with E-state index < -0.39 is 11.9 Å². The van der Waals surface area contributed by atoms with Gasteiger partial charge in [-0.1, -0.05) is 47.5 Å². The summed E-state index contributed by atoms with van der Waals surface area (Å²) < 4.78 is 4.96. The van der Waals surface area contributed by atoms with Crippen LogP contribution in [0.4, 0.5) is 5.69 Å². The van der Waals surface area contributed by atoms with Gasteiger partial charge in [0, 0.05) is 10.7 Å². The number of aryl methyl sites for hydroxylation is 1. The summed E-state index contributed by atoms with van der Waals surface area (Å²) in [5.41, 5.74) is 2.54. The number of nitrogens with one attached hydrogen (secondary N) is 1. The van der Waals surface area contributed by atoms with Crippen LogP contribution in [0.3, 0.4) is 0 Å². The monoisotopic (exact) mass is 317 g/mol. The average Bonchev–Trinajstić information content (AvgIpc) is 2.48. The lowest BCUT2D eigenvalue weighted by atomic mass is 10.1. The highest BCUT2D eigenvalue weighted by atomic mass is 35.5. The van der Waals surface area contributed by atoms with Crippen LogP contribution in [0.2, 0.25) is 5.02 Å². The highest BCUT2D eigenvalue weighted by molar-refractivity contribution is 6.30. The molecule has 5 heteroatoms. The van der Waals surface area contributed by atoms with Crippen LogP contribution in [-0.4, -0.2) is 18.5 Å². The molecule has 0 bridgehead atoms. The van der Waals surface area contributed by atoms with Crippen molar-refractivity contribution < 1.29 is 14.3 Å². The number of carbonyl (C=O) groups is 2. The van der Waals surface area contributed by atoms with Gasteiger partial charge in [-0.3, -0.25) is 9.59 Å². The molecule has 1 N–H and O–H groups in total. The second-order valence-electron chi connectivity index (χ2n) is 4.88. The lowest BCUT2D eigenvalue weighted by Gasteiger charge is -2.07. The van der Waals surface area contributed by atoms with Gasteiger partial charge in [0.15, 0.2) is 6.61 Å². The van der Waals surface area contributed by atoms with E-state index in [1.807, 2.05) is 31.2 Å². The topological polar surface area (TPSA) is 55.4 Å². The zero-order valence-corrected chi connectivity index (χ0v) is 12.9. The fourth-order valence-corrected chi connectivity index (χ4v) is 2.02. The van der Waals surface area contributed by atoms with E-state index in [1.165, 1.54) is 0 Å². The van der Waals surface area contributed by atoms with Gasteiger partial charge in [-0.2, -0.15) is 0 Å². The van der Waals surface area contributed by atoms with E-state index in [0.29, 0.717) is 10.7 Å². The van der Waals surface area contributed by atoms with Crippen LogP contribution in [0.15, 0.2) is 48.5 Å². The summed E-state index contributed by atoms with van der Waals surface area (Å²) in [6, 6.07) is 14.3. The third kappa shape index (κ3) is 5.22. The summed E-state index contributed by atoms with van der Waals surface area (Å²) >= 11 is 5.82. The number of hydrogen-bond donors (Lipinski definition) is 1. The van der Waals surface area contributed by atoms with Crippen molar-refractivity contribution in [1.82, 2.24) is 0 Å². The Morgan fingerprint density at radius 1 is 1.14 bits per heavy atom. The first-order chi connectivity index (χ1) is 10.5. The van der Waals surface area contributed by atoms with Crippen molar-refractivity contribution in [2.75, 3.05) is 11.9 Å². The number of rotatable bonds is 5. The van der Waals surface area contributed by atoms with Crippen molar-refractivity contribution in [3.8, 4) is 0 Å². The molecule has 0 radical (unpaired) electrons. The molecule has 2 rings (SSSR count). The zero-order chi connectivity index (χ0) is 15.9. The first kappa shape index (κ1) is 16.0. The molecule has 0 saturated heterocycles. The Hall–Kier alpha value is -2.33. The molecule has 0 unspecified atom stereocenters. The molecule has 0 atom stereocenters. The van der Waals surface area contributed by atoms with Gasteiger partial charge in [0.1, 0.15) is 0 Å². The van der Waals surface area contributed by atoms with E-state index in [9.17, 15) is 9.59 Å². The SMILES string of the molecule is Cc1ccc(CC(=O)OCC(=O)Nc2cccc(Cl)c2)cc1. The van der Waals surface area contributed by atoms with Crippen LogP contribution in [0, 0.1) is 6.92 Å². The molecule has 4 nitrogen and oxygen atoms in total. The standard InChI is InChI=1S/C17H16ClNO3/c1-12-5-7-13(8-6-12)9-17(21)22-11-16(20)19-15-4-2-3-14(18)10-15/h2-8,10H,9,11H2,1H3,(H,19,20). The lowest BCUT2D eigenvalue weighted by molar-refractivity contribution is -0.146. The van der Waals surface area contributed by atoms with Crippen molar-refractivity contribution >= 4 is 29.2 Å². The van der Waals surface area contributed by atoms with Gasteiger partial charge in [-0.05, 0) is 30.7 Å². The fraction of sp³-hybridized carbons (Fsp3) is 0.176. The molecule has 0 aliphatic carbocycles. The molecule has 2 aromatic carbocycles. The molecular weight excluding hydrogens is 302 g/mol. The van der Waals surface area contributed by atoms with Gasteiger partial charge in [-0.25, -0.2) is 0 Å². The maximum absolute atomic E-state index is 11.7. The van der Waals surface area contributed by atoms with Gasteiger partial charge >= 0.3 is 5.97 Å². The van der Waals surface area contributed by atoms with E-state index in [4.69, 9.17) is 16.3 Å². The van der Waals surface area contributed by atoms with Crippen molar-refractivity contribution in [3.05, 3.63) is 64.7 Å². The highest BCUT2D eigenvalue weighted by Gasteiger charge is 2.09. The third-order valence-electron chi connectivity index (χ3n) is 2.94. The van der Waals surface area contributed by atoms with Crippen LogP contribution in [0.25, 0.3) is 0 Å². The van der Waals surface area contributed by atoms with Crippen LogP contribution >= 0.6 is 11.6 Å². The molecule has 0 aromatic heterocycles. The van der Waals surface area contributed by atoms with E-state index >= 15 is 0 Å². The molecule has 2 aromatic rings. The second-order valence-corrected chi connectivity index (χ2v) is 5.32. The predicted octanol–water partition coefficient (Wildman–Crippen LogP) is 3.37. The number of halogens is 1. The number of amides is 1. The Morgan fingerprint density at radius 2 is 1.86 bits per heavy atom. The minimum absolute atomic E-state index is 0.144. The molecule has 0 aliphatic rings. The quantitative estimate of drug-likeness (QED) is 0.860. The third-order valence-corrected chi connectivity index (χ3v) is 3.18. The molecule has 1 amide bonds. The van der Waals surface area contributed by atoms with Crippen LogP contribution in [-0.2, 0) is 20.7 Å². The van der Waals surface area contributed by atoms with Gasteiger partial charge in [0.25, 0.3) is 5.91 Å². The largest absolute Gasteiger partial charge is 0.455 e. The molecule has 0 spiro atoms. The predicted molar refractivity (Wildman–Crippen MR) is 85.9 cm³/mol. The Labute approximate surface area is 134 Å². The minimum atomic E-state index is -0.440. The van der Waals surface area contributed by atoms with E-state index in [1.54, 1.807) is 24.3 Å². The van der Waals surface area contributed by atoms with Gasteiger partial charge in [0.2, 0.25) is 0 Å². The van der Waals surface area contributed by atoms with Gasteiger partial charge < -0.3 is 10.1 Å². The number of benzene rings is 2. The Balaban J connectivity index is 1.78. The van der Waals surface area contributed by atoms with E-state index in [2.05, 4.69) is 5.32 Å². The second kappa shape index (κ2) is 7.61. The minimum Gasteiger partial charge on any atom is -0.455 e. The summed E-state index contributed by atoms with van der Waals surface area (Å²) in [5.74, 6) is -0.843. The molecule has 0 saturated carbocycles. The summed E-state index contributed by atoms with van der Waals surface area (Å²) in [5, 5.41) is 3.13. The molecule has 0 aliphatic heterocycles. The maximum atomic E-state index is 11.7. The number of ether oxygens (including phenoxy) is 1. The number of hydrogen-bond acceptors (Lipinski definition) is 3. The van der Waals surface area contributed by atoms with Gasteiger partial charge in [-0.15, -0.1) is 0 Å². The smallest absolute Gasteiger partial charge is 0.310 e. The molecule has 22 heavy (non-hydrogen) atoms. The molecule has 114 valence electrons. The maximum Gasteiger partial charge on any atom is 0.310 e. The summed E-state index contributed by atoms with van der Waals surface area (Å²) in [7, 11) is 0. The van der Waals surface area contributed by atoms with Crippen LogP contribution in [0.5, 0.6) is 0 Å². The number of esters is 1. The molecule has 0 heterocycles. The Bertz CT molecular complexity index is 668. The number of anilines is 1. The fourth-order valence-electron chi connectivity index (χ4n) is 1.83. The Kier molecular flexibility index (Phi) is 5.55. The first-order valence-electron chi connectivity index (χ1n) is 6.79. The number of carbonyl (C=O) groups excluding carboxylic acids is 2. The first-order valence-corrected chi connectivity index (χ1v) is 7.17. The van der Waals surface area contributed by atoms with E-state index in [0.717, 1.165) is 11.1 Å². The normalized spacial score (nSPS) is 10.1. The summed E-state index contributed by atoms with van der Waals surface area (Å²) in [4.78, 5) is 23.4. The van der Waals surface area contributed by atoms with Crippen molar-refractivity contribution in [3.63, 3.8) is 0 Å². The van der Waals surface area contributed by atoms with Crippen LogP contribution < -0.4 is 5.32 Å².